The molecule has 0 N–H and O–H groups in total. The average Bonchev–Trinajstić information content (AvgIpc) is 2.38. The molecule has 1 saturated heterocycles. The highest BCUT2D eigenvalue weighted by molar-refractivity contribution is 5.82. The molecule has 1 aromatic carbocycles. The first kappa shape index (κ1) is 12.7. The van der Waals surface area contributed by atoms with E-state index in [1.807, 2.05) is 18.2 Å². The minimum atomic E-state index is 0.201. The number of benzene rings is 1. The summed E-state index contributed by atoms with van der Waals surface area (Å²) in [7, 11) is 3.31. The van der Waals surface area contributed by atoms with E-state index in [4.69, 9.17) is 9.47 Å². The number of rotatable bonds is 3. The van der Waals surface area contributed by atoms with Gasteiger partial charge >= 0.3 is 0 Å². The van der Waals surface area contributed by atoms with Crippen molar-refractivity contribution in [2.45, 2.75) is 25.8 Å². The minimum absolute atomic E-state index is 0.201. The molecule has 1 aromatic rings. The standard InChI is InChI=1S/C14H19NO3/c1-10-8-11(16)6-7-15(10)13-9-12(17-2)4-5-14(13)18-3/h4-5,9-10H,6-8H2,1-3H3. The van der Waals surface area contributed by atoms with Gasteiger partial charge < -0.3 is 14.4 Å². The SMILES string of the molecule is COc1ccc(OC)c(N2CCC(=O)CC2C)c1. The Morgan fingerprint density at radius 3 is 2.67 bits per heavy atom. The maximum Gasteiger partial charge on any atom is 0.142 e. The summed E-state index contributed by atoms with van der Waals surface area (Å²) in [5.74, 6) is 1.95. The van der Waals surface area contributed by atoms with Crippen molar-refractivity contribution in [1.82, 2.24) is 0 Å². The first-order chi connectivity index (χ1) is 8.65. The zero-order valence-electron chi connectivity index (χ0n) is 11.1. The van der Waals surface area contributed by atoms with Crippen molar-refractivity contribution in [2.24, 2.45) is 0 Å². The Bertz CT molecular complexity index is 445. The molecule has 0 aliphatic carbocycles. The van der Waals surface area contributed by atoms with Crippen molar-refractivity contribution >= 4 is 11.5 Å². The fraction of sp³-hybridized carbons (Fsp3) is 0.500. The van der Waals surface area contributed by atoms with Gasteiger partial charge in [-0.1, -0.05) is 0 Å². The van der Waals surface area contributed by atoms with Gasteiger partial charge in [0.25, 0.3) is 0 Å². The Hall–Kier alpha value is -1.71. The highest BCUT2D eigenvalue weighted by Crippen LogP contribution is 2.35. The number of anilines is 1. The van der Waals surface area contributed by atoms with Crippen LogP contribution in [0, 0.1) is 0 Å². The van der Waals surface area contributed by atoms with Gasteiger partial charge in [0.2, 0.25) is 0 Å². The van der Waals surface area contributed by atoms with Crippen LogP contribution in [0.1, 0.15) is 19.8 Å². The second-order valence-electron chi connectivity index (χ2n) is 4.57. The first-order valence-corrected chi connectivity index (χ1v) is 6.16. The lowest BCUT2D eigenvalue weighted by molar-refractivity contribution is -0.120. The van der Waals surface area contributed by atoms with Crippen molar-refractivity contribution in [3.05, 3.63) is 18.2 Å². The van der Waals surface area contributed by atoms with Crippen molar-refractivity contribution in [2.75, 3.05) is 25.7 Å². The van der Waals surface area contributed by atoms with E-state index in [2.05, 4.69) is 11.8 Å². The number of methoxy groups -OCH3 is 2. The minimum Gasteiger partial charge on any atom is -0.497 e. The molecule has 98 valence electrons. The van der Waals surface area contributed by atoms with Crippen LogP contribution in [-0.2, 0) is 4.79 Å². The summed E-state index contributed by atoms with van der Waals surface area (Å²) in [6.45, 7) is 2.81. The van der Waals surface area contributed by atoms with E-state index in [0.717, 1.165) is 23.7 Å². The molecule has 0 saturated carbocycles. The molecular formula is C14H19NO3. The maximum atomic E-state index is 11.4. The molecule has 1 fully saturated rings. The molecule has 0 aromatic heterocycles. The Morgan fingerprint density at radius 2 is 2.06 bits per heavy atom. The highest BCUT2D eigenvalue weighted by Gasteiger charge is 2.25. The third-order valence-electron chi connectivity index (χ3n) is 3.38. The van der Waals surface area contributed by atoms with E-state index in [1.165, 1.54) is 0 Å². The lowest BCUT2D eigenvalue weighted by atomic mass is 10.0. The fourth-order valence-corrected chi connectivity index (χ4v) is 2.39. The molecule has 4 heteroatoms. The Balaban J connectivity index is 2.33. The summed E-state index contributed by atoms with van der Waals surface area (Å²) < 4.78 is 10.6. The smallest absolute Gasteiger partial charge is 0.142 e. The summed E-state index contributed by atoms with van der Waals surface area (Å²) in [6.07, 6.45) is 1.20. The number of carbonyl (C=O) groups is 1. The topological polar surface area (TPSA) is 38.8 Å². The Labute approximate surface area is 107 Å². The van der Waals surface area contributed by atoms with Crippen LogP contribution in [0.15, 0.2) is 18.2 Å². The fourth-order valence-electron chi connectivity index (χ4n) is 2.39. The number of nitrogens with zero attached hydrogens (tertiary/aromatic N) is 1. The quantitative estimate of drug-likeness (QED) is 0.823. The molecule has 1 aliphatic rings. The second-order valence-corrected chi connectivity index (χ2v) is 4.57. The van der Waals surface area contributed by atoms with Crippen LogP contribution in [0.4, 0.5) is 5.69 Å². The summed E-state index contributed by atoms with van der Waals surface area (Å²) in [5, 5.41) is 0. The van der Waals surface area contributed by atoms with Gasteiger partial charge in [-0.25, -0.2) is 0 Å². The van der Waals surface area contributed by atoms with Crippen molar-refractivity contribution in [1.29, 1.82) is 0 Å². The number of ether oxygens (including phenoxy) is 2. The van der Waals surface area contributed by atoms with Crippen molar-refractivity contribution in [3.63, 3.8) is 0 Å². The molecule has 0 spiro atoms. The molecule has 1 heterocycles. The first-order valence-electron chi connectivity index (χ1n) is 6.16. The van der Waals surface area contributed by atoms with Crippen LogP contribution < -0.4 is 14.4 Å². The molecular weight excluding hydrogens is 230 g/mol. The van der Waals surface area contributed by atoms with Gasteiger partial charge in [-0.2, -0.15) is 0 Å². The zero-order chi connectivity index (χ0) is 13.1. The average molecular weight is 249 g/mol. The van der Waals surface area contributed by atoms with Crippen molar-refractivity contribution < 1.29 is 14.3 Å². The van der Waals surface area contributed by atoms with E-state index >= 15 is 0 Å². The van der Waals surface area contributed by atoms with Crippen molar-refractivity contribution in [3.8, 4) is 11.5 Å². The van der Waals surface area contributed by atoms with Gasteiger partial charge in [0.15, 0.2) is 0 Å². The Morgan fingerprint density at radius 1 is 1.28 bits per heavy atom. The maximum absolute atomic E-state index is 11.4. The lowest BCUT2D eigenvalue weighted by Crippen LogP contribution is -2.41. The van der Waals surface area contributed by atoms with E-state index in [1.54, 1.807) is 14.2 Å². The molecule has 0 radical (unpaired) electrons. The van der Waals surface area contributed by atoms with E-state index in [-0.39, 0.29) is 6.04 Å². The number of Topliss-reactive ketones (excluding diaryl/α,β-unsaturated/α-hetero) is 1. The summed E-state index contributed by atoms with van der Waals surface area (Å²) in [5.41, 5.74) is 0.997. The van der Waals surface area contributed by atoms with Gasteiger partial charge in [0.1, 0.15) is 17.3 Å². The molecule has 1 aliphatic heterocycles. The third kappa shape index (κ3) is 2.42. The molecule has 0 amide bonds. The monoisotopic (exact) mass is 249 g/mol. The van der Waals surface area contributed by atoms with Crippen LogP contribution in [0.25, 0.3) is 0 Å². The van der Waals surface area contributed by atoms with Gasteiger partial charge in [-0.15, -0.1) is 0 Å². The number of piperidine rings is 1. The van der Waals surface area contributed by atoms with Gasteiger partial charge in [-0.05, 0) is 19.1 Å². The molecule has 18 heavy (non-hydrogen) atoms. The van der Waals surface area contributed by atoms with Crippen LogP contribution in [-0.4, -0.2) is 32.6 Å². The molecule has 2 rings (SSSR count). The number of hydrogen-bond acceptors (Lipinski definition) is 4. The van der Waals surface area contributed by atoms with Crippen LogP contribution in [0.5, 0.6) is 11.5 Å². The number of ketones is 1. The predicted octanol–water partition coefficient (Wildman–Crippen LogP) is 2.26. The lowest BCUT2D eigenvalue weighted by Gasteiger charge is -2.35. The van der Waals surface area contributed by atoms with E-state index in [9.17, 15) is 4.79 Å². The van der Waals surface area contributed by atoms with Crippen LogP contribution in [0.2, 0.25) is 0 Å². The summed E-state index contributed by atoms with van der Waals surface area (Å²) >= 11 is 0. The molecule has 1 unspecified atom stereocenters. The van der Waals surface area contributed by atoms with Gasteiger partial charge in [0.05, 0.1) is 19.9 Å². The highest BCUT2D eigenvalue weighted by atomic mass is 16.5. The number of hydrogen-bond donors (Lipinski definition) is 0. The zero-order valence-corrected chi connectivity index (χ0v) is 11.1. The normalized spacial score (nSPS) is 19.8. The Kier molecular flexibility index (Phi) is 3.75. The summed E-state index contributed by atoms with van der Waals surface area (Å²) in [4.78, 5) is 13.7. The van der Waals surface area contributed by atoms with Gasteiger partial charge in [0, 0.05) is 31.5 Å². The largest absolute Gasteiger partial charge is 0.497 e. The predicted molar refractivity (Wildman–Crippen MR) is 70.6 cm³/mol. The van der Waals surface area contributed by atoms with Gasteiger partial charge in [-0.3, -0.25) is 4.79 Å². The number of carbonyl (C=O) groups excluding carboxylic acids is 1. The molecule has 1 atom stereocenters. The van der Waals surface area contributed by atoms with E-state index in [0.29, 0.717) is 18.6 Å². The molecule has 4 nitrogen and oxygen atoms in total. The van der Waals surface area contributed by atoms with Crippen LogP contribution >= 0.6 is 0 Å². The summed E-state index contributed by atoms with van der Waals surface area (Å²) in [6, 6.07) is 5.94. The second kappa shape index (κ2) is 5.29. The third-order valence-corrected chi connectivity index (χ3v) is 3.38. The van der Waals surface area contributed by atoms with E-state index < -0.39 is 0 Å². The van der Waals surface area contributed by atoms with Crippen LogP contribution in [0.3, 0.4) is 0 Å². The molecule has 0 bridgehead atoms.